The van der Waals surface area contributed by atoms with Crippen molar-refractivity contribution in [3.05, 3.63) is 0 Å². The Hall–Kier alpha value is -0.370. The molecule has 0 bridgehead atoms. The third kappa shape index (κ3) is 2.53. The molecule has 0 atom stereocenters. The van der Waals surface area contributed by atoms with Crippen LogP contribution >= 0.6 is 0 Å². The van der Waals surface area contributed by atoms with Gasteiger partial charge in [0.2, 0.25) is 0 Å². The van der Waals surface area contributed by atoms with Crippen LogP contribution in [0.5, 0.6) is 0 Å². The van der Waals surface area contributed by atoms with Crippen LogP contribution in [-0.2, 0) is 14.3 Å². The van der Waals surface area contributed by atoms with Crippen LogP contribution in [0.15, 0.2) is 0 Å². The van der Waals surface area contributed by atoms with Gasteiger partial charge in [0.1, 0.15) is 12.3 Å². The zero-order valence-corrected chi connectivity index (χ0v) is 7.08. The molecule has 0 radical (unpaired) electrons. The molecule has 3 nitrogen and oxygen atoms in total. The highest BCUT2D eigenvalue weighted by Crippen LogP contribution is 2.41. The lowest BCUT2D eigenvalue weighted by Crippen LogP contribution is -2.28. The van der Waals surface area contributed by atoms with E-state index >= 15 is 0 Å². The Morgan fingerprint density at radius 3 is 2.08 bits per heavy atom. The minimum Gasteiger partial charge on any atom is -0.260 e. The van der Waals surface area contributed by atoms with Crippen molar-refractivity contribution in [2.75, 3.05) is 6.61 Å². The van der Waals surface area contributed by atoms with E-state index in [-0.39, 0.29) is 12.8 Å². The zero-order valence-electron chi connectivity index (χ0n) is 6.27. The van der Waals surface area contributed by atoms with E-state index in [4.69, 9.17) is 0 Å². The summed E-state index contributed by atoms with van der Waals surface area (Å²) in [5.41, 5.74) is -7.35. The molecule has 0 aromatic heterocycles. The van der Waals surface area contributed by atoms with Gasteiger partial charge in [-0.05, 0) is 12.8 Å². The Labute approximate surface area is 71.8 Å². The molecule has 1 aliphatic rings. The second-order valence-corrected chi connectivity index (χ2v) is 4.42. The SMILES string of the molecule is O=S(=O)(OCC1(F)CC1)C(F)(F)F. The van der Waals surface area contributed by atoms with Gasteiger partial charge in [0.15, 0.2) is 0 Å². The fraction of sp³-hybridized carbons (Fsp3) is 1.00. The van der Waals surface area contributed by atoms with Crippen molar-refractivity contribution in [2.45, 2.75) is 24.0 Å². The highest BCUT2D eigenvalue weighted by molar-refractivity contribution is 7.87. The number of hydrogen-bond acceptors (Lipinski definition) is 3. The molecule has 0 aromatic carbocycles. The van der Waals surface area contributed by atoms with Crippen molar-refractivity contribution in [1.29, 1.82) is 0 Å². The lowest BCUT2D eigenvalue weighted by Gasteiger charge is -2.09. The van der Waals surface area contributed by atoms with Crippen LogP contribution in [0, 0.1) is 0 Å². The first-order valence-electron chi connectivity index (χ1n) is 3.31. The van der Waals surface area contributed by atoms with Crippen molar-refractivity contribution in [1.82, 2.24) is 0 Å². The van der Waals surface area contributed by atoms with Gasteiger partial charge in [-0.3, -0.25) is 4.18 Å². The molecule has 0 N–H and O–H groups in total. The summed E-state index contributed by atoms with van der Waals surface area (Å²) in [6, 6.07) is 0. The number of rotatable bonds is 3. The third-order valence-electron chi connectivity index (χ3n) is 1.55. The van der Waals surface area contributed by atoms with Gasteiger partial charge in [-0.25, -0.2) is 4.39 Å². The third-order valence-corrected chi connectivity index (χ3v) is 2.54. The highest BCUT2D eigenvalue weighted by atomic mass is 32.2. The molecule has 0 amide bonds. The standard InChI is InChI=1S/C5H6F4O3S/c6-4(1-2-4)3-12-13(10,11)5(7,8)9/h1-3H2. The molecule has 0 spiro atoms. The van der Waals surface area contributed by atoms with Gasteiger partial charge in [0, 0.05) is 0 Å². The second-order valence-electron chi connectivity index (χ2n) is 2.81. The molecule has 0 aromatic rings. The highest BCUT2D eigenvalue weighted by Gasteiger charge is 2.51. The van der Waals surface area contributed by atoms with Crippen LogP contribution in [0.25, 0.3) is 0 Å². The molecule has 0 heterocycles. The molecule has 1 rings (SSSR count). The number of halogens is 4. The van der Waals surface area contributed by atoms with Crippen molar-refractivity contribution in [2.24, 2.45) is 0 Å². The van der Waals surface area contributed by atoms with Gasteiger partial charge in [-0.15, -0.1) is 0 Å². The minimum atomic E-state index is -5.63. The minimum absolute atomic E-state index is 0.0420. The summed E-state index contributed by atoms with van der Waals surface area (Å²) in [5.74, 6) is 0. The largest absolute Gasteiger partial charge is 0.523 e. The van der Waals surface area contributed by atoms with E-state index in [9.17, 15) is 26.0 Å². The van der Waals surface area contributed by atoms with Gasteiger partial charge >= 0.3 is 15.6 Å². The summed E-state index contributed by atoms with van der Waals surface area (Å²) in [4.78, 5) is 0. The summed E-state index contributed by atoms with van der Waals surface area (Å²) < 4.78 is 71.4. The molecule has 1 aliphatic carbocycles. The van der Waals surface area contributed by atoms with Crippen LogP contribution in [0.3, 0.4) is 0 Å². The maximum absolute atomic E-state index is 12.7. The molecule has 0 saturated heterocycles. The van der Waals surface area contributed by atoms with Crippen LogP contribution in [-0.4, -0.2) is 26.2 Å². The number of hydrogen-bond donors (Lipinski definition) is 0. The van der Waals surface area contributed by atoms with Crippen molar-refractivity contribution >= 4 is 10.1 Å². The van der Waals surface area contributed by atoms with E-state index in [1.54, 1.807) is 0 Å². The van der Waals surface area contributed by atoms with E-state index in [2.05, 4.69) is 4.18 Å². The molecule has 1 fully saturated rings. The molecule has 0 aliphatic heterocycles. The second kappa shape index (κ2) is 2.81. The predicted octanol–water partition coefficient (Wildman–Crippen LogP) is 1.35. The Bertz CT molecular complexity index is 289. The van der Waals surface area contributed by atoms with E-state index < -0.39 is 27.9 Å². The molecular weight excluding hydrogens is 216 g/mol. The first-order valence-corrected chi connectivity index (χ1v) is 4.72. The Morgan fingerprint density at radius 2 is 1.77 bits per heavy atom. The van der Waals surface area contributed by atoms with Crippen LogP contribution < -0.4 is 0 Å². The Morgan fingerprint density at radius 1 is 1.31 bits per heavy atom. The van der Waals surface area contributed by atoms with Crippen molar-refractivity contribution in [3.8, 4) is 0 Å². The van der Waals surface area contributed by atoms with E-state index in [1.807, 2.05) is 0 Å². The Balaban J connectivity index is 2.53. The lowest BCUT2D eigenvalue weighted by molar-refractivity contribution is -0.0556. The predicted molar refractivity (Wildman–Crippen MR) is 34.0 cm³/mol. The molecule has 1 saturated carbocycles. The smallest absolute Gasteiger partial charge is 0.260 e. The van der Waals surface area contributed by atoms with Gasteiger partial charge in [0.25, 0.3) is 0 Å². The molecule has 8 heteroatoms. The topological polar surface area (TPSA) is 43.4 Å². The van der Waals surface area contributed by atoms with Gasteiger partial charge in [-0.1, -0.05) is 0 Å². The monoisotopic (exact) mass is 222 g/mol. The molecular formula is C5H6F4O3S. The van der Waals surface area contributed by atoms with E-state index in [0.717, 1.165) is 0 Å². The summed E-state index contributed by atoms with van der Waals surface area (Å²) in [7, 11) is -5.63. The average molecular weight is 222 g/mol. The summed E-state index contributed by atoms with van der Waals surface area (Å²) >= 11 is 0. The molecule has 13 heavy (non-hydrogen) atoms. The van der Waals surface area contributed by atoms with Gasteiger partial charge in [0.05, 0.1) is 0 Å². The quantitative estimate of drug-likeness (QED) is 0.411. The van der Waals surface area contributed by atoms with Gasteiger partial charge < -0.3 is 0 Å². The maximum atomic E-state index is 12.7. The van der Waals surface area contributed by atoms with Gasteiger partial charge in [-0.2, -0.15) is 21.6 Å². The van der Waals surface area contributed by atoms with Crippen molar-refractivity contribution in [3.63, 3.8) is 0 Å². The first-order chi connectivity index (χ1) is 5.66. The van der Waals surface area contributed by atoms with E-state index in [0.29, 0.717) is 0 Å². The van der Waals surface area contributed by atoms with Crippen LogP contribution in [0.2, 0.25) is 0 Å². The Kier molecular flexibility index (Phi) is 2.31. The number of alkyl halides is 4. The summed E-state index contributed by atoms with van der Waals surface area (Å²) in [6.45, 7) is -1.05. The first kappa shape index (κ1) is 10.7. The maximum Gasteiger partial charge on any atom is 0.523 e. The van der Waals surface area contributed by atoms with E-state index in [1.165, 1.54) is 0 Å². The summed E-state index contributed by atoms with van der Waals surface area (Å²) in [5, 5.41) is 0. The average Bonchev–Trinajstić information content (AvgIpc) is 2.63. The van der Waals surface area contributed by atoms with Crippen LogP contribution in [0.4, 0.5) is 17.6 Å². The normalized spacial score (nSPS) is 21.5. The fourth-order valence-electron chi connectivity index (χ4n) is 0.530. The van der Waals surface area contributed by atoms with Crippen LogP contribution in [0.1, 0.15) is 12.8 Å². The molecule has 78 valence electrons. The fourth-order valence-corrected chi connectivity index (χ4v) is 1.03. The lowest BCUT2D eigenvalue weighted by atomic mass is 10.4. The molecule has 0 unspecified atom stereocenters. The van der Waals surface area contributed by atoms with Crippen molar-refractivity contribution < 1.29 is 30.2 Å². The summed E-state index contributed by atoms with van der Waals surface area (Å²) in [6.07, 6.45) is 0.0841. The zero-order chi connectivity index (χ0) is 10.3.